The molecule has 0 N–H and O–H groups in total. The van der Waals surface area contributed by atoms with Crippen LogP contribution in [0, 0.1) is 10.1 Å². The molecule has 0 aliphatic rings. The Labute approximate surface area is 109 Å². The molecule has 2 rings (SSSR count). The van der Waals surface area contributed by atoms with E-state index in [0.29, 0.717) is 22.2 Å². The van der Waals surface area contributed by atoms with Crippen LogP contribution in [0.15, 0.2) is 17.8 Å². The summed E-state index contributed by atoms with van der Waals surface area (Å²) in [6, 6.07) is 0. The van der Waals surface area contributed by atoms with E-state index in [4.69, 9.17) is 0 Å². The fourth-order valence-electron chi connectivity index (χ4n) is 1.51. The maximum absolute atomic E-state index is 11.2. The lowest BCUT2D eigenvalue weighted by atomic mass is 10.4. The van der Waals surface area contributed by atoms with E-state index in [1.807, 2.05) is 0 Å². The van der Waals surface area contributed by atoms with Gasteiger partial charge in [0.05, 0.1) is 6.54 Å². The van der Waals surface area contributed by atoms with Gasteiger partial charge < -0.3 is 10.1 Å². The third-order valence-electron chi connectivity index (χ3n) is 2.25. The third-order valence-corrected chi connectivity index (χ3v) is 3.71. The van der Waals surface area contributed by atoms with E-state index >= 15 is 0 Å². The fraction of sp³-hybridized carbons (Fsp3) is 0.222. The van der Waals surface area contributed by atoms with Crippen molar-refractivity contribution in [2.24, 2.45) is 0 Å². The van der Waals surface area contributed by atoms with Gasteiger partial charge in [-0.15, -0.1) is 11.3 Å². The van der Waals surface area contributed by atoms with Gasteiger partial charge in [0, 0.05) is 11.6 Å². The van der Waals surface area contributed by atoms with E-state index in [2.05, 4.69) is 9.97 Å². The van der Waals surface area contributed by atoms with Crippen molar-refractivity contribution in [3.05, 3.63) is 38.7 Å². The van der Waals surface area contributed by atoms with Crippen LogP contribution in [0.5, 0.6) is 0 Å². The van der Waals surface area contributed by atoms with Crippen LogP contribution >= 0.6 is 11.3 Å². The van der Waals surface area contributed by atoms with E-state index in [-0.39, 0.29) is 17.1 Å². The fourth-order valence-corrected chi connectivity index (χ4v) is 2.69. The maximum Gasteiger partial charge on any atom is 0.343 e. The molecule has 0 spiro atoms. The summed E-state index contributed by atoms with van der Waals surface area (Å²) in [5.74, 6) is 0.162. The number of hydrogen-bond donors (Lipinski definition) is 0. The topological polar surface area (TPSA) is 90.9 Å². The Morgan fingerprint density at radius 1 is 1.61 bits per heavy atom. The Kier molecular flexibility index (Phi) is 3.63. The van der Waals surface area contributed by atoms with Gasteiger partial charge in [-0.2, -0.15) is 0 Å². The lowest BCUT2D eigenvalue weighted by Gasteiger charge is -2.00. The van der Waals surface area contributed by atoms with Gasteiger partial charge in [0.15, 0.2) is 4.86 Å². The molecule has 18 heavy (non-hydrogen) atoms. The minimum Gasteiger partial charge on any atom is -0.358 e. The van der Waals surface area contributed by atoms with Crippen LogP contribution in [0.1, 0.15) is 17.8 Å². The van der Waals surface area contributed by atoms with Crippen molar-refractivity contribution in [1.82, 2.24) is 14.5 Å². The first-order chi connectivity index (χ1) is 8.69. The molecule has 2 aromatic heterocycles. The smallest absolute Gasteiger partial charge is 0.343 e. The monoisotopic (exact) mass is 284 g/mol. The van der Waals surface area contributed by atoms with Crippen molar-refractivity contribution in [1.29, 1.82) is 0 Å². The molecule has 0 radical (unpaired) electrons. The van der Waals surface area contributed by atoms with Crippen molar-refractivity contribution < 1.29 is 9.13 Å². The zero-order chi connectivity index (χ0) is 13.1. The van der Waals surface area contributed by atoms with Gasteiger partial charge in [-0.1, -0.05) is 0 Å². The zero-order valence-electron chi connectivity index (χ0n) is 9.27. The van der Waals surface area contributed by atoms with Crippen molar-refractivity contribution in [2.75, 3.05) is 0 Å². The first kappa shape index (κ1) is 12.6. The summed E-state index contributed by atoms with van der Waals surface area (Å²) >= 11 is 1.54. The highest BCUT2D eigenvalue weighted by Crippen LogP contribution is 2.18. The summed E-state index contributed by atoms with van der Waals surface area (Å²) in [6.45, 7) is 2.12. The molecule has 0 atom stereocenters. The molecule has 0 unspecified atom stereocenters. The molecule has 0 fully saturated rings. The van der Waals surface area contributed by atoms with E-state index in [9.17, 15) is 14.3 Å². The first-order valence-electron chi connectivity index (χ1n) is 4.96. The second-order valence-corrected chi connectivity index (χ2v) is 4.66. The highest BCUT2D eigenvalue weighted by Gasteiger charge is 2.24. The van der Waals surface area contributed by atoms with Crippen LogP contribution in [-0.4, -0.2) is 28.5 Å². The minimum atomic E-state index is -0.519. The van der Waals surface area contributed by atoms with Crippen molar-refractivity contribution in [3.63, 3.8) is 0 Å². The standard InChI is InChI=1S/C9H8N4O3S2/c1-2-12-6(13(14)15)5-11-8(12)7(18-16)9-10-3-4-17-9/h3-5H,2H2,1H3. The van der Waals surface area contributed by atoms with E-state index in [0.717, 1.165) is 6.20 Å². The molecule has 0 aromatic carbocycles. The summed E-state index contributed by atoms with van der Waals surface area (Å²) in [4.78, 5) is 18.6. The Hall–Kier alpha value is -1.87. The Morgan fingerprint density at radius 3 is 2.89 bits per heavy atom. The molecule has 0 saturated heterocycles. The van der Waals surface area contributed by atoms with Gasteiger partial charge in [0.25, 0.3) is 0 Å². The van der Waals surface area contributed by atoms with Crippen molar-refractivity contribution in [2.45, 2.75) is 13.5 Å². The second-order valence-electron chi connectivity index (χ2n) is 3.19. The summed E-state index contributed by atoms with van der Waals surface area (Å²) in [5.41, 5.74) is 0. The molecular weight excluding hydrogens is 276 g/mol. The summed E-state index contributed by atoms with van der Waals surface area (Å²) in [5, 5.41) is 13.1. The Bertz CT molecular complexity index is 628. The summed E-state index contributed by atoms with van der Waals surface area (Å²) < 4.78 is 12.6. The lowest BCUT2D eigenvalue weighted by molar-refractivity contribution is -0.392. The molecule has 0 saturated carbocycles. The summed E-state index contributed by atoms with van der Waals surface area (Å²) in [6.07, 6.45) is 2.73. The van der Waals surface area contributed by atoms with Crippen LogP contribution in [0.25, 0.3) is 0 Å². The quantitative estimate of drug-likeness (QED) is 0.362. The average molecular weight is 284 g/mol. The molecule has 2 aromatic rings. The molecule has 7 nitrogen and oxygen atoms in total. The predicted molar refractivity (Wildman–Crippen MR) is 68.0 cm³/mol. The van der Waals surface area contributed by atoms with E-state index < -0.39 is 4.92 Å². The number of rotatable bonds is 4. The maximum atomic E-state index is 11.2. The number of nitro groups is 1. The highest BCUT2D eigenvalue weighted by atomic mass is 32.1. The van der Waals surface area contributed by atoms with Gasteiger partial charge >= 0.3 is 5.82 Å². The number of aromatic nitrogens is 3. The zero-order valence-corrected chi connectivity index (χ0v) is 10.9. The second kappa shape index (κ2) is 5.19. The number of thiazole rings is 1. The SMILES string of the molecule is CCn1c([N+](=O)[O-])cnc1C(=S=O)c1nccs1. The first-order valence-corrected chi connectivity index (χ1v) is 6.58. The van der Waals surface area contributed by atoms with E-state index in [1.165, 1.54) is 15.9 Å². The van der Waals surface area contributed by atoms with Gasteiger partial charge in [-0.05, 0) is 11.8 Å². The largest absolute Gasteiger partial charge is 0.358 e. The van der Waals surface area contributed by atoms with Crippen LogP contribution in [0.3, 0.4) is 0 Å². The molecule has 9 heteroatoms. The van der Waals surface area contributed by atoms with Crippen LogP contribution in [0.2, 0.25) is 0 Å². The number of nitrogens with zero attached hydrogens (tertiary/aromatic N) is 4. The van der Waals surface area contributed by atoms with Gasteiger partial charge in [-0.3, -0.25) is 0 Å². The third kappa shape index (κ3) is 2.09. The highest BCUT2D eigenvalue weighted by molar-refractivity contribution is 7.68. The molecule has 2 heterocycles. The molecule has 0 amide bonds. The van der Waals surface area contributed by atoms with Gasteiger partial charge in [0.1, 0.15) is 22.5 Å². The van der Waals surface area contributed by atoms with Crippen molar-refractivity contribution in [3.8, 4) is 0 Å². The summed E-state index contributed by atoms with van der Waals surface area (Å²) in [7, 11) is 0. The van der Waals surface area contributed by atoms with Crippen LogP contribution in [0.4, 0.5) is 5.82 Å². The minimum absolute atomic E-state index is 0.129. The van der Waals surface area contributed by atoms with Crippen molar-refractivity contribution >= 4 is 33.3 Å². The van der Waals surface area contributed by atoms with Gasteiger partial charge in [0.2, 0.25) is 5.82 Å². The molecular formula is C9H8N4O3S2. The molecule has 94 valence electrons. The molecule has 0 aliphatic carbocycles. The van der Waals surface area contributed by atoms with Gasteiger partial charge in [-0.25, -0.2) is 18.7 Å². The normalized spacial score (nSPS) is 10.3. The number of hydrogen-bond acceptors (Lipinski definition) is 6. The van der Waals surface area contributed by atoms with Crippen LogP contribution < -0.4 is 0 Å². The molecule has 0 aliphatic heterocycles. The lowest BCUT2D eigenvalue weighted by Crippen LogP contribution is -2.13. The number of imidazole rings is 1. The Morgan fingerprint density at radius 2 is 2.39 bits per heavy atom. The Balaban J connectivity index is 2.58. The molecule has 0 bridgehead atoms. The average Bonchev–Trinajstić information content (AvgIpc) is 2.98. The predicted octanol–water partition coefficient (Wildman–Crippen LogP) is 1.05. The van der Waals surface area contributed by atoms with Crippen LogP contribution in [-0.2, 0) is 17.8 Å². The van der Waals surface area contributed by atoms with E-state index in [1.54, 1.807) is 18.5 Å².